The van der Waals surface area contributed by atoms with Crippen molar-refractivity contribution in [2.24, 2.45) is 5.92 Å². The van der Waals surface area contributed by atoms with Crippen molar-refractivity contribution in [3.05, 3.63) is 32.7 Å². The highest BCUT2D eigenvalue weighted by molar-refractivity contribution is 9.11. The lowest BCUT2D eigenvalue weighted by Crippen LogP contribution is -2.42. The van der Waals surface area contributed by atoms with Gasteiger partial charge in [-0.2, -0.15) is 0 Å². The molecule has 0 unspecified atom stereocenters. The molecule has 0 aliphatic carbocycles. The first-order valence-electron chi connectivity index (χ1n) is 6.78. The molecule has 1 fully saturated rings. The van der Waals surface area contributed by atoms with Gasteiger partial charge in [-0.15, -0.1) is 0 Å². The minimum Gasteiger partial charge on any atom is -0.456 e. The second-order valence-corrected chi connectivity index (χ2v) is 7.51. The van der Waals surface area contributed by atoms with Gasteiger partial charge in [0.25, 0.3) is 0 Å². The number of rotatable bonds is 3. The molecule has 0 atom stereocenters. The summed E-state index contributed by atoms with van der Waals surface area (Å²) in [5.74, 6) is 0.138. The van der Waals surface area contributed by atoms with Crippen molar-refractivity contribution in [1.29, 1.82) is 0 Å². The van der Waals surface area contributed by atoms with Gasteiger partial charge in [0.15, 0.2) is 0 Å². The fraction of sp³-hybridized carbons (Fsp3) is 0.533. The topological polar surface area (TPSA) is 38.3 Å². The highest BCUT2D eigenvalue weighted by Gasteiger charge is 2.34. The molecule has 3 nitrogen and oxygen atoms in total. The molecule has 1 saturated heterocycles. The normalized spacial score (nSPS) is 17.0. The Morgan fingerprint density at radius 1 is 1.20 bits per heavy atom. The van der Waals surface area contributed by atoms with E-state index < -0.39 is 5.60 Å². The Bertz CT molecular complexity index is 476. The SMILES string of the molecule is CC(C)(OC(=O)c1cc(Br)cc(Br)c1)C1CCNCC1. The van der Waals surface area contributed by atoms with E-state index in [1.54, 1.807) is 12.1 Å². The predicted octanol–water partition coefficient (Wildman–Crippen LogP) is 4.15. The smallest absolute Gasteiger partial charge is 0.338 e. The number of carbonyl (C=O) groups is 1. The summed E-state index contributed by atoms with van der Waals surface area (Å²) >= 11 is 6.78. The van der Waals surface area contributed by atoms with Crippen molar-refractivity contribution >= 4 is 37.8 Å². The van der Waals surface area contributed by atoms with Crippen LogP contribution in [0.2, 0.25) is 0 Å². The number of hydrogen-bond donors (Lipinski definition) is 1. The summed E-state index contributed by atoms with van der Waals surface area (Å²) in [5, 5.41) is 3.33. The van der Waals surface area contributed by atoms with E-state index in [2.05, 4.69) is 37.2 Å². The summed E-state index contributed by atoms with van der Waals surface area (Å²) in [7, 11) is 0. The summed E-state index contributed by atoms with van der Waals surface area (Å²) in [5.41, 5.74) is 0.127. The first kappa shape index (κ1) is 16.0. The summed E-state index contributed by atoms with van der Waals surface area (Å²) in [6.45, 7) is 6.00. The van der Waals surface area contributed by atoms with Crippen LogP contribution >= 0.6 is 31.9 Å². The molecule has 2 rings (SSSR count). The Hall–Kier alpha value is -0.390. The standard InChI is InChI=1S/C15H19Br2NO2/c1-15(2,11-3-5-18-6-4-11)20-14(19)10-7-12(16)9-13(17)8-10/h7-9,11,18H,3-6H2,1-2H3. The van der Waals surface area contributed by atoms with Crippen LogP contribution in [0.5, 0.6) is 0 Å². The second kappa shape index (κ2) is 6.58. The van der Waals surface area contributed by atoms with E-state index in [-0.39, 0.29) is 5.97 Å². The Morgan fingerprint density at radius 2 is 1.75 bits per heavy atom. The van der Waals surface area contributed by atoms with E-state index in [1.165, 1.54) is 0 Å². The third kappa shape index (κ3) is 4.06. The van der Waals surface area contributed by atoms with Crippen molar-refractivity contribution in [2.45, 2.75) is 32.3 Å². The molecule has 5 heteroatoms. The zero-order valence-corrected chi connectivity index (χ0v) is 14.9. The van der Waals surface area contributed by atoms with Gasteiger partial charge in [-0.05, 0) is 58.0 Å². The number of piperidine rings is 1. The minimum absolute atomic E-state index is 0.268. The third-order valence-electron chi connectivity index (χ3n) is 3.78. The van der Waals surface area contributed by atoms with Crippen LogP contribution in [-0.2, 0) is 4.74 Å². The van der Waals surface area contributed by atoms with Crippen molar-refractivity contribution < 1.29 is 9.53 Å². The predicted molar refractivity (Wildman–Crippen MR) is 86.9 cm³/mol. The molecule has 0 spiro atoms. The lowest BCUT2D eigenvalue weighted by atomic mass is 9.83. The van der Waals surface area contributed by atoms with Crippen LogP contribution in [0.3, 0.4) is 0 Å². The zero-order valence-electron chi connectivity index (χ0n) is 11.7. The Morgan fingerprint density at radius 3 is 2.30 bits per heavy atom. The van der Waals surface area contributed by atoms with Crippen LogP contribution in [-0.4, -0.2) is 24.7 Å². The summed E-state index contributed by atoms with van der Waals surface area (Å²) in [6, 6.07) is 5.46. The number of ether oxygens (including phenoxy) is 1. The van der Waals surface area contributed by atoms with Crippen molar-refractivity contribution in [3.8, 4) is 0 Å². The summed E-state index contributed by atoms with van der Waals surface area (Å²) in [4.78, 5) is 12.3. The van der Waals surface area contributed by atoms with Gasteiger partial charge in [-0.25, -0.2) is 4.79 Å². The van der Waals surface area contributed by atoms with Crippen LogP contribution in [0.1, 0.15) is 37.0 Å². The van der Waals surface area contributed by atoms with Gasteiger partial charge in [-0.1, -0.05) is 31.9 Å². The Balaban J connectivity index is 2.09. The van der Waals surface area contributed by atoms with Crippen LogP contribution in [0.4, 0.5) is 0 Å². The van der Waals surface area contributed by atoms with E-state index in [9.17, 15) is 4.79 Å². The van der Waals surface area contributed by atoms with Gasteiger partial charge >= 0.3 is 5.97 Å². The van der Waals surface area contributed by atoms with Gasteiger partial charge in [0.05, 0.1) is 5.56 Å². The average Bonchev–Trinajstić information content (AvgIpc) is 2.38. The van der Waals surface area contributed by atoms with Gasteiger partial charge in [-0.3, -0.25) is 0 Å². The molecule has 1 aromatic rings. The van der Waals surface area contributed by atoms with E-state index in [4.69, 9.17) is 4.74 Å². The Labute approximate surface area is 136 Å². The summed E-state index contributed by atoms with van der Waals surface area (Å²) in [6.07, 6.45) is 2.09. The number of halogens is 2. The second-order valence-electron chi connectivity index (χ2n) is 5.68. The number of benzene rings is 1. The lowest BCUT2D eigenvalue weighted by molar-refractivity contribution is -0.0368. The molecular weight excluding hydrogens is 386 g/mol. The van der Waals surface area contributed by atoms with Crippen LogP contribution < -0.4 is 5.32 Å². The molecule has 0 radical (unpaired) electrons. The van der Waals surface area contributed by atoms with Gasteiger partial charge in [0.2, 0.25) is 0 Å². The number of hydrogen-bond acceptors (Lipinski definition) is 3. The molecule has 0 saturated carbocycles. The molecule has 1 aliphatic heterocycles. The van der Waals surface area contributed by atoms with Crippen LogP contribution in [0.25, 0.3) is 0 Å². The fourth-order valence-electron chi connectivity index (χ4n) is 2.57. The molecule has 1 aliphatic rings. The number of carbonyl (C=O) groups excluding carboxylic acids is 1. The summed E-state index contributed by atoms with van der Waals surface area (Å²) < 4.78 is 7.48. The highest BCUT2D eigenvalue weighted by Crippen LogP contribution is 2.30. The molecule has 1 aromatic carbocycles. The van der Waals surface area contributed by atoms with Crippen molar-refractivity contribution in [2.75, 3.05) is 13.1 Å². The third-order valence-corrected chi connectivity index (χ3v) is 4.69. The van der Waals surface area contributed by atoms with E-state index >= 15 is 0 Å². The molecule has 1 N–H and O–H groups in total. The quantitative estimate of drug-likeness (QED) is 0.769. The molecular formula is C15H19Br2NO2. The monoisotopic (exact) mass is 403 g/mol. The molecule has 20 heavy (non-hydrogen) atoms. The fourth-order valence-corrected chi connectivity index (χ4v) is 3.86. The van der Waals surface area contributed by atoms with Crippen LogP contribution in [0.15, 0.2) is 27.1 Å². The first-order valence-corrected chi connectivity index (χ1v) is 8.37. The van der Waals surface area contributed by atoms with E-state index in [0.29, 0.717) is 11.5 Å². The van der Waals surface area contributed by atoms with Gasteiger partial charge < -0.3 is 10.1 Å². The largest absolute Gasteiger partial charge is 0.456 e. The van der Waals surface area contributed by atoms with E-state index in [1.807, 2.05) is 19.9 Å². The van der Waals surface area contributed by atoms with Crippen molar-refractivity contribution in [1.82, 2.24) is 5.32 Å². The number of esters is 1. The molecule has 0 amide bonds. The maximum atomic E-state index is 12.3. The molecule has 1 heterocycles. The van der Waals surface area contributed by atoms with Gasteiger partial charge in [0, 0.05) is 14.9 Å². The van der Waals surface area contributed by atoms with Crippen LogP contribution in [0, 0.1) is 5.92 Å². The van der Waals surface area contributed by atoms with Gasteiger partial charge in [0.1, 0.15) is 5.60 Å². The maximum absolute atomic E-state index is 12.3. The number of nitrogens with one attached hydrogen (secondary N) is 1. The molecule has 0 bridgehead atoms. The van der Waals surface area contributed by atoms with Crippen molar-refractivity contribution in [3.63, 3.8) is 0 Å². The average molecular weight is 405 g/mol. The zero-order chi connectivity index (χ0) is 14.8. The Kier molecular flexibility index (Phi) is 5.26. The lowest BCUT2D eigenvalue weighted by Gasteiger charge is -2.36. The minimum atomic E-state index is -0.437. The van der Waals surface area contributed by atoms with E-state index in [0.717, 1.165) is 34.9 Å². The first-order chi connectivity index (χ1) is 9.38. The maximum Gasteiger partial charge on any atom is 0.338 e. The molecule has 0 aromatic heterocycles. The highest BCUT2D eigenvalue weighted by atomic mass is 79.9. The molecule has 110 valence electrons.